The van der Waals surface area contributed by atoms with Crippen LogP contribution in [0.15, 0.2) is 43.0 Å². The number of methoxy groups -OCH3 is 1. The number of carbonyl (C=O) groups is 1. The molecule has 0 unspecified atom stereocenters. The Labute approximate surface area is 209 Å². The van der Waals surface area contributed by atoms with E-state index in [1.807, 2.05) is 0 Å². The van der Waals surface area contributed by atoms with Crippen LogP contribution in [0.1, 0.15) is 40.3 Å². The second kappa shape index (κ2) is 9.83. The van der Waals surface area contributed by atoms with Crippen LogP contribution >= 0.6 is 11.3 Å². The first-order chi connectivity index (χ1) is 17.4. The Hall–Kier alpha value is -4.17. The number of amides is 1. The van der Waals surface area contributed by atoms with Gasteiger partial charge in [0.25, 0.3) is 12.3 Å². The maximum Gasteiger partial charge on any atom is 0.280 e. The Balaban J connectivity index is 1.55. The normalized spacial score (nSPS) is 12.8. The summed E-state index contributed by atoms with van der Waals surface area (Å²) in [7, 11) is 3.18. The van der Waals surface area contributed by atoms with Crippen molar-refractivity contribution in [3.05, 3.63) is 59.3 Å². The molecule has 8 nitrogen and oxygen atoms in total. The number of halogens is 2. The van der Waals surface area contributed by atoms with E-state index < -0.39 is 18.0 Å². The average molecular weight is 507 g/mol. The first kappa shape index (κ1) is 23.6. The van der Waals surface area contributed by atoms with Crippen LogP contribution in [0.3, 0.4) is 0 Å². The number of thiazole rings is 1. The maximum atomic E-state index is 13.5. The van der Waals surface area contributed by atoms with Crippen LogP contribution in [-0.2, 0) is 7.05 Å². The summed E-state index contributed by atoms with van der Waals surface area (Å²) in [6.45, 7) is 0. The van der Waals surface area contributed by atoms with Crippen molar-refractivity contribution >= 4 is 22.4 Å². The van der Waals surface area contributed by atoms with Crippen LogP contribution in [-0.4, -0.2) is 37.7 Å². The zero-order valence-electron chi connectivity index (χ0n) is 19.3. The van der Waals surface area contributed by atoms with Crippen molar-refractivity contribution in [2.75, 3.05) is 12.4 Å². The number of anilines is 1. The van der Waals surface area contributed by atoms with Crippen molar-refractivity contribution in [3.8, 4) is 40.0 Å². The molecule has 0 radical (unpaired) electrons. The fourth-order valence-corrected chi connectivity index (χ4v) is 4.13. The summed E-state index contributed by atoms with van der Waals surface area (Å²) in [6, 6.07) is 4.66. The van der Waals surface area contributed by atoms with Gasteiger partial charge in [0, 0.05) is 42.0 Å². The third-order valence-electron chi connectivity index (χ3n) is 5.44. The molecular formula is C25H20F2N6O2S. The van der Waals surface area contributed by atoms with E-state index in [-0.39, 0.29) is 17.0 Å². The molecule has 1 fully saturated rings. The fraction of sp³-hybridized carbons (Fsp3) is 0.240. The first-order valence-electron chi connectivity index (χ1n) is 11.0. The highest BCUT2D eigenvalue weighted by atomic mass is 32.1. The minimum Gasteiger partial charge on any atom is -0.494 e. The van der Waals surface area contributed by atoms with Crippen LogP contribution in [0.4, 0.5) is 13.9 Å². The molecule has 4 aromatic heterocycles. The molecule has 36 heavy (non-hydrogen) atoms. The molecule has 11 heteroatoms. The lowest BCUT2D eigenvalue weighted by Gasteiger charge is -2.14. The highest BCUT2D eigenvalue weighted by Crippen LogP contribution is 2.36. The SMILES string of the molecule is COc1cnc(C(F)F)cc1-c1cc(-c2ccn(C)n2)cnc1C(=O)Nc1ncc(C#CC2CC2)s1. The van der Waals surface area contributed by atoms with Crippen molar-refractivity contribution in [1.82, 2.24) is 24.7 Å². The number of hydrogen-bond donors (Lipinski definition) is 1. The minimum atomic E-state index is -2.80. The Morgan fingerprint density at radius 1 is 1.19 bits per heavy atom. The first-order valence-corrected chi connectivity index (χ1v) is 11.8. The van der Waals surface area contributed by atoms with Crippen molar-refractivity contribution in [1.29, 1.82) is 0 Å². The molecule has 4 aromatic rings. The predicted molar refractivity (Wildman–Crippen MR) is 131 cm³/mol. The topological polar surface area (TPSA) is 94.8 Å². The molecule has 0 bridgehead atoms. The highest BCUT2D eigenvalue weighted by Gasteiger charge is 2.23. The molecule has 1 aliphatic carbocycles. The highest BCUT2D eigenvalue weighted by molar-refractivity contribution is 7.16. The fourth-order valence-electron chi connectivity index (χ4n) is 3.46. The third kappa shape index (κ3) is 5.08. The number of aromatic nitrogens is 5. The van der Waals surface area contributed by atoms with Gasteiger partial charge in [0.05, 0.1) is 30.1 Å². The van der Waals surface area contributed by atoms with Crippen molar-refractivity contribution in [2.24, 2.45) is 13.0 Å². The van der Waals surface area contributed by atoms with Gasteiger partial charge < -0.3 is 4.74 Å². The molecule has 0 atom stereocenters. The standard InChI is InChI=1S/C25H20F2N6O2S/c1-33-8-7-19(32-33)15-9-18(17-10-20(23(26)27)28-13-21(17)35-2)22(29-11-15)24(34)31-25-30-12-16(36-25)6-5-14-3-4-14/h7-14,23H,3-4H2,1-2H3,(H,30,31,34). The molecule has 5 rings (SSSR count). The van der Waals surface area contributed by atoms with Crippen LogP contribution < -0.4 is 10.1 Å². The number of rotatable bonds is 6. The second-order valence-corrected chi connectivity index (χ2v) is 9.16. The smallest absolute Gasteiger partial charge is 0.280 e. The molecule has 1 aliphatic rings. The molecule has 1 N–H and O–H groups in total. The largest absolute Gasteiger partial charge is 0.494 e. The van der Waals surface area contributed by atoms with Crippen molar-refractivity contribution in [3.63, 3.8) is 0 Å². The average Bonchev–Trinajstić information content (AvgIpc) is 3.44. The molecule has 182 valence electrons. The summed E-state index contributed by atoms with van der Waals surface area (Å²) >= 11 is 1.25. The van der Waals surface area contributed by atoms with Gasteiger partial charge in [0.2, 0.25) is 0 Å². The van der Waals surface area contributed by atoms with E-state index in [1.54, 1.807) is 36.3 Å². The van der Waals surface area contributed by atoms with Gasteiger partial charge >= 0.3 is 0 Å². The second-order valence-electron chi connectivity index (χ2n) is 8.13. The number of alkyl halides is 2. The lowest BCUT2D eigenvalue weighted by molar-refractivity contribution is 0.102. The number of pyridine rings is 2. The zero-order valence-corrected chi connectivity index (χ0v) is 20.1. The molecule has 0 saturated heterocycles. The number of nitrogens with one attached hydrogen (secondary N) is 1. The van der Waals surface area contributed by atoms with Gasteiger partial charge in [-0.3, -0.25) is 19.8 Å². The van der Waals surface area contributed by atoms with E-state index in [0.29, 0.717) is 27.9 Å². The number of aryl methyl sites for hydroxylation is 1. The number of carbonyl (C=O) groups excluding carboxylic acids is 1. The van der Waals surface area contributed by atoms with Gasteiger partial charge in [-0.05, 0) is 31.0 Å². The molecule has 0 aromatic carbocycles. The van der Waals surface area contributed by atoms with Gasteiger partial charge in [-0.1, -0.05) is 23.2 Å². The summed E-state index contributed by atoms with van der Waals surface area (Å²) in [5.41, 5.74) is 1.33. The predicted octanol–water partition coefficient (Wildman–Crippen LogP) is 4.96. The van der Waals surface area contributed by atoms with E-state index in [0.717, 1.165) is 17.7 Å². The molecule has 0 aliphatic heterocycles. The third-order valence-corrected chi connectivity index (χ3v) is 6.27. The summed E-state index contributed by atoms with van der Waals surface area (Å²) < 4.78 is 34.0. The van der Waals surface area contributed by atoms with E-state index in [4.69, 9.17) is 4.74 Å². The maximum absolute atomic E-state index is 13.5. The quantitative estimate of drug-likeness (QED) is 0.372. The minimum absolute atomic E-state index is 0.0141. The van der Waals surface area contributed by atoms with Gasteiger partial charge in [-0.15, -0.1) is 0 Å². The Kier molecular flexibility index (Phi) is 6.43. The monoisotopic (exact) mass is 506 g/mol. The Bertz CT molecular complexity index is 1500. The van der Waals surface area contributed by atoms with E-state index in [9.17, 15) is 13.6 Å². The van der Waals surface area contributed by atoms with E-state index in [2.05, 4.69) is 37.2 Å². The van der Waals surface area contributed by atoms with Crippen LogP contribution in [0.5, 0.6) is 5.75 Å². The zero-order chi connectivity index (χ0) is 25.2. The summed E-state index contributed by atoms with van der Waals surface area (Å²) in [5, 5.41) is 7.48. The lowest BCUT2D eigenvalue weighted by Crippen LogP contribution is -2.15. The van der Waals surface area contributed by atoms with Gasteiger partial charge in [-0.2, -0.15) is 5.10 Å². The summed E-state index contributed by atoms with van der Waals surface area (Å²) in [4.78, 5) is 26.4. The van der Waals surface area contributed by atoms with Crippen LogP contribution in [0.2, 0.25) is 0 Å². The van der Waals surface area contributed by atoms with E-state index >= 15 is 0 Å². The van der Waals surface area contributed by atoms with Gasteiger partial charge in [0.1, 0.15) is 17.1 Å². The van der Waals surface area contributed by atoms with Gasteiger partial charge in [-0.25, -0.2) is 18.7 Å². The number of hydrogen-bond acceptors (Lipinski definition) is 7. The van der Waals surface area contributed by atoms with Crippen molar-refractivity contribution < 1.29 is 18.3 Å². The number of nitrogens with zero attached hydrogens (tertiary/aromatic N) is 5. The van der Waals surface area contributed by atoms with E-state index in [1.165, 1.54) is 36.9 Å². The number of ether oxygens (including phenoxy) is 1. The molecule has 1 saturated carbocycles. The molecule has 4 heterocycles. The van der Waals surface area contributed by atoms with Crippen LogP contribution in [0, 0.1) is 17.8 Å². The Morgan fingerprint density at radius 3 is 2.72 bits per heavy atom. The van der Waals surface area contributed by atoms with Gasteiger partial charge in [0.15, 0.2) is 5.13 Å². The van der Waals surface area contributed by atoms with Crippen LogP contribution in [0.25, 0.3) is 22.4 Å². The molecular weight excluding hydrogens is 486 g/mol. The molecule has 0 spiro atoms. The molecule has 1 amide bonds. The summed E-state index contributed by atoms with van der Waals surface area (Å²) in [5.74, 6) is 6.35. The Morgan fingerprint density at radius 2 is 2.03 bits per heavy atom. The summed E-state index contributed by atoms with van der Waals surface area (Å²) in [6.07, 6.45) is 5.52. The lowest BCUT2D eigenvalue weighted by atomic mass is 10.00. The van der Waals surface area contributed by atoms with Crippen molar-refractivity contribution in [2.45, 2.75) is 19.3 Å².